The second-order valence-corrected chi connectivity index (χ2v) is 6.85. The molecule has 0 heterocycles. The van der Waals surface area contributed by atoms with E-state index in [0.29, 0.717) is 0 Å². The van der Waals surface area contributed by atoms with E-state index in [1.807, 2.05) is 30.3 Å². The number of carbonyl (C=O) groups excluding carboxylic acids is 1. The van der Waals surface area contributed by atoms with Gasteiger partial charge in [-0.05, 0) is 23.3 Å². The number of carbonyl (C=O) groups is 1. The summed E-state index contributed by atoms with van der Waals surface area (Å²) in [6.07, 6.45) is 0.636. The van der Waals surface area contributed by atoms with Crippen LogP contribution in [0.25, 0.3) is 0 Å². The van der Waals surface area contributed by atoms with Gasteiger partial charge in [0.1, 0.15) is 6.61 Å². The molecule has 0 radical (unpaired) electrons. The van der Waals surface area contributed by atoms with Crippen molar-refractivity contribution in [2.45, 2.75) is 18.0 Å². The lowest BCUT2D eigenvalue weighted by molar-refractivity contribution is 0.139. The molecule has 0 spiro atoms. The minimum atomic E-state index is -3.20. The topological polar surface area (TPSA) is 72.5 Å². The Morgan fingerprint density at radius 3 is 2.23 bits per heavy atom. The molecule has 0 saturated heterocycles. The minimum absolute atomic E-state index is 0.208. The maximum absolute atomic E-state index is 11.6. The largest absolute Gasteiger partial charge is 0.445 e. The van der Waals surface area contributed by atoms with Crippen LogP contribution in [0.15, 0.2) is 59.5 Å². The molecule has 0 saturated carbocycles. The molecule has 116 valence electrons. The maximum Gasteiger partial charge on any atom is 0.407 e. The standard InChI is InChI=1S/C16H17NO4S/c1-22(19,20)15-9-7-13(8-10-15)11-17-16(18)21-12-14-5-3-2-4-6-14/h2-10H,11-12H2,1H3,(H,17,18). The summed E-state index contributed by atoms with van der Waals surface area (Å²) in [6.45, 7) is 0.483. The third kappa shape index (κ3) is 4.89. The second-order valence-electron chi connectivity index (χ2n) is 4.83. The molecule has 1 amide bonds. The van der Waals surface area contributed by atoms with Gasteiger partial charge < -0.3 is 10.1 Å². The van der Waals surface area contributed by atoms with Gasteiger partial charge in [-0.2, -0.15) is 0 Å². The van der Waals surface area contributed by atoms with E-state index in [4.69, 9.17) is 4.74 Å². The first-order valence-corrected chi connectivity index (χ1v) is 8.58. The number of amides is 1. The summed E-state index contributed by atoms with van der Waals surface area (Å²) in [5, 5.41) is 2.62. The van der Waals surface area contributed by atoms with Crippen molar-refractivity contribution >= 4 is 15.9 Å². The van der Waals surface area contributed by atoms with Crippen molar-refractivity contribution in [2.75, 3.05) is 6.26 Å². The lowest BCUT2D eigenvalue weighted by Crippen LogP contribution is -2.23. The fraction of sp³-hybridized carbons (Fsp3) is 0.188. The van der Waals surface area contributed by atoms with Gasteiger partial charge in [-0.1, -0.05) is 42.5 Å². The molecule has 2 aromatic rings. The van der Waals surface area contributed by atoms with Gasteiger partial charge >= 0.3 is 6.09 Å². The summed E-state index contributed by atoms with van der Waals surface area (Å²) in [4.78, 5) is 11.8. The molecule has 0 unspecified atom stereocenters. The number of rotatable bonds is 5. The molecule has 6 heteroatoms. The van der Waals surface area contributed by atoms with E-state index < -0.39 is 15.9 Å². The average Bonchev–Trinajstić information content (AvgIpc) is 2.51. The first kappa shape index (κ1) is 16.0. The van der Waals surface area contributed by atoms with Crippen molar-refractivity contribution in [3.05, 3.63) is 65.7 Å². The summed E-state index contributed by atoms with van der Waals surface area (Å²) in [5.41, 5.74) is 1.71. The third-order valence-electron chi connectivity index (χ3n) is 3.00. The molecule has 5 nitrogen and oxygen atoms in total. The van der Waals surface area contributed by atoms with Gasteiger partial charge in [0, 0.05) is 12.8 Å². The highest BCUT2D eigenvalue weighted by molar-refractivity contribution is 7.90. The average molecular weight is 319 g/mol. The van der Waals surface area contributed by atoms with E-state index in [1.165, 1.54) is 12.1 Å². The van der Waals surface area contributed by atoms with Crippen LogP contribution in [-0.4, -0.2) is 20.8 Å². The zero-order valence-electron chi connectivity index (χ0n) is 12.2. The van der Waals surface area contributed by atoms with E-state index in [9.17, 15) is 13.2 Å². The van der Waals surface area contributed by atoms with Gasteiger partial charge in [0.2, 0.25) is 0 Å². The van der Waals surface area contributed by atoms with Gasteiger partial charge in [-0.15, -0.1) is 0 Å². The van der Waals surface area contributed by atoms with Crippen molar-refractivity contribution in [3.8, 4) is 0 Å². The number of benzene rings is 2. The van der Waals surface area contributed by atoms with Crippen LogP contribution in [-0.2, 0) is 27.7 Å². The number of sulfone groups is 1. The van der Waals surface area contributed by atoms with Crippen molar-refractivity contribution in [1.82, 2.24) is 5.32 Å². The molecular weight excluding hydrogens is 302 g/mol. The molecule has 0 atom stereocenters. The first-order chi connectivity index (χ1) is 10.4. The quantitative estimate of drug-likeness (QED) is 0.919. The summed E-state index contributed by atoms with van der Waals surface area (Å²) >= 11 is 0. The smallest absolute Gasteiger partial charge is 0.407 e. The zero-order chi connectivity index (χ0) is 16.0. The van der Waals surface area contributed by atoms with Gasteiger partial charge in [0.15, 0.2) is 9.84 Å². The Kier molecular flexibility index (Phi) is 5.16. The fourth-order valence-electron chi connectivity index (χ4n) is 1.80. The number of nitrogens with one attached hydrogen (secondary N) is 1. The Balaban J connectivity index is 1.81. The molecule has 0 aromatic heterocycles. The lowest BCUT2D eigenvalue weighted by atomic mass is 10.2. The normalized spacial score (nSPS) is 11.0. The summed E-state index contributed by atoms with van der Waals surface area (Å²) in [5.74, 6) is 0. The second kappa shape index (κ2) is 7.09. The van der Waals surface area contributed by atoms with E-state index in [2.05, 4.69) is 5.32 Å². The molecule has 0 aliphatic heterocycles. The summed E-state index contributed by atoms with van der Waals surface area (Å²) < 4.78 is 27.8. The fourth-order valence-corrected chi connectivity index (χ4v) is 2.43. The van der Waals surface area contributed by atoms with Crippen molar-refractivity contribution in [1.29, 1.82) is 0 Å². The molecular formula is C16H17NO4S. The van der Waals surface area contributed by atoms with E-state index in [1.54, 1.807) is 12.1 Å². The van der Waals surface area contributed by atoms with Gasteiger partial charge in [-0.25, -0.2) is 13.2 Å². The molecule has 1 N–H and O–H groups in total. The summed E-state index contributed by atoms with van der Waals surface area (Å²) in [7, 11) is -3.20. The van der Waals surface area contributed by atoms with Crippen molar-refractivity contribution < 1.29 is 17.9 Å². The Morgan fingerprint density at radius 2 is 1.64 bits per heavy atom. The lowest BCUT2D eigenvalue weighted by Gasteiger charge is -2.07. The van der Waals surface area contributed by atoms with E-state index >= 15 is 0 Å². The maximum atomic E-state index is 11.6. The Morgan fingerprint density at radius 1 is 1.00 bits per heavy atom. The molecule has 2 rings (SSSR count). The Labute approximate surface area is 129 Å². The third-order valence-corrected chi connectivity index (χ3v) is 4.13. The molecule has 0 fully saturated rings. The highest BCUT2D eigenvalue weighted by atomic mass is 32.2. The predicted molar refractivity (Wildman–Crippen MR) is 83.0 cm³/mol. The van der Waals surface area contributed by atoms with Crippen molar-refractivity contribution in [2.24, 2.45) is 0 Å². The first-order valence-electron chi connectivity index (χ1n) is 6.69. The van der Waals surface area contributed by atoms with Crippen LogP contribution in [0.4, 0.5) is 4.79 Å². The van der Waals surface area contributed by atoms with E-state index in [0.717, 1.165) is 17.4 Å². The highest BCUT2D eigenvalue weighted by Crippen LogP contribution is 2.10. The Bertz CT molecular complexity index is 725. The molecule has 0 bridgehead atoms. The van der Waals surface area contributed by atoms with Crippen LogP contribution in [0.3, 0.4) is 0 Å². The van der Waals surface area contributed by atoms with Crippen LogP contribution in [0.1, 0.15) is 11.1 Å². The summed E-state index contributed by atoms with van der Waals surface area (Å²) in [6, 6.07) is 15.7. The molecule has 2 aromatic carbocycles. The number of hydrogen-bond acceptors (Lipinski definition) is 4. The highest BCUT2D eigenvalue weighted by Gasteiger charge is 2.07. The minimum Gasteiger partial charge on any atom is -0.445 e. The SMILES string of the molecule is CS(=O)(=O)c1ccc(CNC(=O)OCc2ccccc2)cc1. The van der Waals surface area contributed by atoms with Crippen LogP contribution in [0.2, 0.25) is 0 Å². The number of hydrogen-bond donors (Lipinski definition) is 1. The van der Waals surface area contributed by atoms with Crippen LogP contribution in [0.5, 0.6) is 0 Å². The molecule has 0 aliphatic carbocycles. The van der Waals surface area contributed by atoms with Gasteiger partial charge in [0.05, 0.1) is 4.90 Å². The zero-order valence-corrected chi connectivity index (χ0v) is 13.0. The van der Waals surface area contributed by atoms with Crippen LogP contribution < -0.4 is 5.32 Å². The van der Waals surface area contributed by atoms with Crippen molar-refractivity contribution in [3.63, 3.8) is 0 Å². The van der Waals surface area contributed by atoms with E-state index in [-0.39, 0.29) is 18.0 Å². The van der Waals surface area contributed by atoms with Gasteiger partial charge in [0.25, 0.3) is 0 Å². The predicted octanol–water partition coefficient (Wildman–Crippen LogP) is 2.52. The van der Waals surface area contributed by atoms with Crippen LogP contribution >= 0.6 is 0 Å². The molecule has 22 heavy (non-hydrogen) atoms. The monoisotopic (exact) mass is 319 g/mol. The van der Waals surface area contributed by atoms with Gasteiger partial charge in [-0.3, -0.25) is 0 Å². The molecule has 0 aliphatic rings. The number of alkyl carbamates (subject to hydrolysis) is 1. The number of ether oxygens (including phenoxy) is 1. The van der Waals surface area contributed by atoms with Crippen LogP contribution in [0, 0.1) is 0 Å². The Hall–Kier alpha value is -2.34.